The Kier molecular flexibility index (Phi) is 3.31. The second kappa shape index (κ2) is 5.12. The number of hydrogen-bond acceptors (Lipinski definition) is 3. The first-order valence-corrected chi connectivity index (χ1v) is 6.60. The Morgan fingerprint density at radius 1 is 1.10 bits per heavy atom. The molecule has 2 aromatic heterocycles. The van der Waals surface area contributed by atoms with Gasteiger partial charge in [0.05, 0.1) is 15.6 Å². The molecular weight excluding hydrogens is 295 g/mol. The molecule has 20 heavy (non-hydrogen) atoms. The van der Waals surface area contributed by atoms with Crippen molar-refractivity contribution in [3.05, 3.63) is 63.5 Å². The highest BCUT2D eigenvalue weighted by Gasteiger charge is 2.08. The summed E-state index contributed by atoms with van der Waals surface area (Å²) in [6.07, 6.45) is 2.29. The summed E-state index contributed by atoms with van der Waals surface area (Å²) < 4.78 is 1.81. The minimum absolute atomic E-state index is 0.510. The molecule has 0 unspecified atom stereocenters. The molecule has 6 heteroatoms. The molecule has 2 heterocycles. The largest absolute Gasteiger partial charge is 0.285 e. The van der Waals surface area contributed by atoms with Gasteiger partial charge in [0.25, 0.3) is 0 Å². The number of fused-ring (bicyclic) bond motifs is 1. The Bertz CT molecular complexity index is 833. The van der Waals surface area contributed by atoms with Gasteiger partial charge in [-0.2, -0.15) is 5.26 Å². The molecule has 0 saturated carbocycles. The van der Waals surface area contributed by atoms with Crippen molar-refractivity contribution in [2.45, 2.75) is 6.42 Å². The molecule has 0 atom stereocenters. The van der Waals surface area contributed by atoms with Crippen LogP contribution >= 0.6 is 23.2 Å². The monoisotopic (exact) mass is 302 g/mol. The molecule has 3 aromatic rings. The van der Waals surface area contributed by atoms with E-state index in [2.05, 4.69) is 16.3 Å². The van der Waals surface area contributed by atoms with Crippen molar-refractivity contribution >= 4 is 28.8 Å². The minimum Gasteiger partial charge on any atom is -0.285 e. The van der Waals surface area contributed by atoms with Gasteiger partial charge in [0.15, 0.2) is 5.65 Å². The van der Waals surface area contributed by atoms with Crippen LogP contribution in [0.25, 0.3) is 5.65 Å². The van der Waals surface area contributed by atoms with E-state index in [9.17, 15) is 0 Å². The maximum Gasteiger partial charge on any atom is 0.160 e. The number of pyridine rings is 1. The molecule has 98 valence electrons. The molecule has 0 fully saturated rings. The van der Waals surface area contributed by atoms with Gasteiger partial charge in [0.1, 0.15) is 11.9 Å². The average molecular weight is 303 g/mol. The van der Waals surface area contributed by atoms with Gasteiger partial charge in [-0.3, -0.25) is 4.40 Å². The Morgan fingerprint density at radius 3 is 2.70 bits per heavy atom. The third-order valence-electron chi connectivity index (χ3n) is 2.95. The van der Waals surface area contributed by atoms with Crippen molar-refractivity contribution in [1.29, 1.82) is 5.26 Å². The lowest BCUT2D eigenvalue weighted by molar-refractivity contribution is 0.933. The maximum atomic E-state index is 8.95. The molecule has 4 nitrogen and oxygen atoms in total. The summed E-state index contributed by atoms with van der Waals surface area (Å²) in [6, 6.07) is 11.0. The predicted molar refractivity (Wildman–Crippen MR) is 77.0 cm³/mol. The fraction of sp³-hybridized carbons (Fsp3) is 0.0714. The van der Waals surface area contributed by atoms with Crippen LogP contribution in [-0.2, 0) is 6.42 Å². The zero-order valence-corrected chi connectivity index (χ0v) is 11.7. The van der Waals surface area contributed by atoms with Crippen LogP contribution in [0.4, 0.5) is 0 Å². The molecule has 0 radical (unpaired) electrons. The van der Waals surface area contributed by atoms with Gasteiger partial charge in [0, 0.05) is 12.6 Å². The van der Waals surface area contributed by atoms with Gasteiger partial charge in [-0.05, 0) is 29.8 Å². The number of nitriles is 1. The van der Waals surface area contributed by atoms with Crippen molar-refractivity contribution in [2.24, 2.45) is 0 Å². The Balaban J connectivity index is 2.02. The summed E-state index contributed by atoms with van der Waals surface area (Å²) in [5, 5.41) is 18.2. The first kappa shape index (κ1) is 12.9. The van der Waals surface area contributed by atoms with E-state index in [-0.39, 0.29) is 0 Å². The Hall–Kier alpha value is -2.09. The number of benzene rings is 1. The first-order valence-electron chi connectivity index (χ1n) is 5.85. The van der Waals surface area contributed by atoms with Gasteiger partial charge >= 0.3 is 0 Å². The number of halogens is 2. The van der Waals surface area contributed by atoms with E-state index in [1.54, 1.807) is 34.9 Å². The van der Waals surface area contributed by atoms with Gasteiger partial charge in [-0.25, -0.2) is 0 Å². The van der Waals surface area contributed by atoms with Gasteiger partial charge in [0.2, 0.25) is 0 Å². The molecule has 0 spiro atoms. The second-order valence-electron chi connectivity index (χ2n) is 4.30. The summed E-state index contributed by atoms with van der Waals surface area (Å²) in [6.45, 7) is 0. The van der Waals surface area contributed by atoms with Gasteiger partial charge in [-0.1, -0.05) is 29.3 Å². The van der Waals surface area contributed by atoms with Crippen LogP contribution in [0.2, 0.25) is 10.0 Å². The summed E-state index contributed by atoms with van der Waals surface area (Å²) in [5.74, 6) is 0.746. The van der Waals surface area contributed by atoms with Gasteiger partial charge < -0.3 is 0 Å². The molecule has 0 aliphatic carbocycles. The van der Waals surface area contributed by atoms with Crippen molar-refractivity contribution < 1.29 is 0 Å². The third kappa shape index (κ3) is 2.34. The molecule has 0 bridgehead atoms. The number of rotatable bonds is 2. The van der Waals surface area contributed by atoms with Crippen LogP contribution in [0.15, 0.2) is 36.5 Å². The van der Waals surface area contributed by atoms with Crippen molar-refractivity contribution in [3.8, 4) is 6.07 Å². The summed E-state index contributed by atoms with van der Waals surface area (Å²) >= 11 is 11.9. The van der Waals surface area contributed by atoms with Crippen LogP contribution in [0, 0.1) is 11.3 Å². The van der Waals surface area contributed by atoms with E-state index >= 15 is 0 Å². The smallest absolute Gasteiger partial charge is 0.160 e. The highest BCUT2D eigenvalue weighted by Crippen LogP contribution is 2.23. The fourth-order valence-corrected chi connectivity index (χ4v) is 2.28. The van der Waals surface area contributed by atoms with E-state index in [0.29, 0.717) is 27.7 Å². The molecule has 0 amide bonds. The van der Waals surface area contributed by atoms with E-state index in [4.69, 9.17) is 28.5 Å². The van der Waals surface area contributed by atoms with E-state index in [1.807, 2.05) is 6.07 Å². The molecule has 0 N–H and O–H groups in total. The highest BCUT2D eigenvalue weighted by molar-refractivity contribution is 6.42. The number of aromatic nitrogens is 3. The third-order valence-corrected chi connectivity index (χ3v) is 3.69. The lowest BCUT2D eigenvalue weighted by Gasteiger charge is -2.03. The van der Waals surface area contributed by atoms with Crippen molar-refractivity contribution in [2.75, 3.05) is 0 Å². The molecule has 0 aliphatic rings. The van der Waals surface area contributed by atoms with E-state index in [0.717, 1.165) is 11.4 Å². The summed E-state index contributed by atoms with van der Waals surface area (Å²) in [7, 11) is 0. The lowest BCUT2D eigenvalue weighted by Crippen LogP contribution is -1.97. The quantitative estimate of drug-likeness (QED) is 0.728. The fourth-order valence-electron chi connectivity index (χ4n) is 1.96. The molecule has 1 aromatic carbocycles. The number of hydrogen-bond donors (Lipinski definition) is 0. The average Bonchev–Trinajstić information content (AvgIpc) is 2.85. The minimum atomic E-state index is 0.510. The normalized spacial score (nSPS) is 10.7. The molecule has 3 rings (SSSR count). The zero-order chi connectivity index (χ0) is 14.1. The van der Waals surface area contributed by atoms with E-state index < -0.39 is 0 Å². The van der Waals surface area contributed by atoms with Crippen LogP contribution < -0.4 is 0 Å². The molecule has 0 saturated heterocycles. The molecular formula is C14H8Cl2N4. The van der Waals surface area contributed by atoms with Crippen LogP contribution in [0.5, 0.6) is 0 Å². The van der Waals surface area contributed by atoms with Gasteiger partial charge in [-0.15, -0.1) is 10.2 Å². The molecule has 0 aliphatic heterocycles. The van der Waals surface area contributed by atoms with Crippen LogP contribution in [0.3, 0.4) is 0 Å². The lowest BCUT2D eigenvalue weighted by atomic mass is 10.1. The van der Waals surface area contributed by atoms with E-state index in [1.165, 1.54) is 0 Å². The Morgan fingerprint density at radius 2 is 1.95 bits per heavy atom. The number of nitrogens with zero attached hydrogens (tertiary/aromatic N) is 4. The highest BCUT2D eigenvalue weighted by atomic mass is 35.5. The maximum absolute atomic E-state index is 8.95. The van der Waals surface area contributed by atoms with Crippen molar-refractivity contribution in [1.82, 2.24) is 14.6 Å². The summed E-state index contributed by atoms with van der Waals surface area (Å²) in [5.41, 5.74) is 2.25. The van der Waals surface area contributed by atoms with Crippen LogP contribution in [0.1, 0.15) is 17.0 Å². The topological polar surface area (TPSA) is 54.0 Å². The second-order valence-corrected chi connectivity index (χ2v) is 5.11. The predicted octanol–water partition coefficient (Wildman–Crippen LogP) is 3.50. The van der Waals surface area contributed by atoms with Crippen LogP contribution in [-0.4, -0.2) is 14.6 Å². The first-order chi connectivity index (χ1) is 9.67. The zero-order valence-electron chi connectivity index (χ0n) is 10.2. The standard InChI is InChI=1S/C14H8Cl2N4/c15-11-3-1-9(5-12(11)16)6-14-19-18-13-4-2-10(7-17)8-20(13)14/h1-5,8H,6H2. The SMILES string of the molecule is N#Cc1ccc2nnc(Cc3ccc(Cl)c(Cl)c3)n2c1. The summed E-state index contributed by atoms with van der Waals surface area (Å²) in [4.78, 5) is 0. The Labute approximate surface area is 125 Å². The van der Waals surface area contributed by atoms with Crippen molar-refractivity contribution in [3.63, 3.8) is 0 Å².